The molecule has 1 aliphatic heterocycles. The lowest BCUT2D eigenvalue weighted by Gasteiger charge is -2.23. The molecule has 1 aliphatic rings. The van der Waals surface area contributed by atoms with Crippen molar-refractivity contribution in [3.05, 3.63) is 22.4 Å². The lowest BCUT2D eigenvalue weighted by atomic mass is 10.1. The van der Waals surface area contributed by atoms with Crippen LogP contribution in [0.1, 0.15) is 18.2 Å². The molecule has 0 saturated carbocycles. The second kappa shape index (κ2) is 5.10. The topological polar surface area (TPSA) is 29.3 Å². The second-order valence-corrected chi connectivity index (χ2v) is 5.55. The van der Waals surface area contributed by atoms with Gasteiger partial charge >= 0.3 is 0 Å². The summed E-state index contributed by atoms with van der Waals surface area (Å²) in [5.74, 6) is 0.732. The van der Waals surface area contributed by atoms with Crippen molar-refractivity contribution in [1.29, 1.82) is 0 Å². The molecular weight excluding hydrogens is 204 g/mol. The number of nitrogens with zero attached hydrogens (tertiary/aromatic N) is 1. The van der Waals surface area contributed by atoms with E-state index < -0.39 is 0 Å². The normalized spacial score (nSPS) is 24.5. The molecule has 2 N–H and O–H groups in total. The van der Waals surface area contributed by atoms with Crippen LogP contribution in [0.4, 0.5) is 0 Å². The van der Waals surface area contributed by atoms with E-state index in [-0.39, 0.29) is 0 Å². The van der Waals surface area contributed by atoms with E-state index in [0.717, 1.165) is 12.5 Å². The Morgan fingerprint density at radius 2 is 2.53 bits per heavy atom. The zero-order valence-corrected chi connectivity index (χ0v) is 10.2. The zero-order chi connectivity index (χ0) is 10.7. The van der Waals surface area contributed by atoms with Gasteiger partial charge in [0.05, 0.1) is 0 Å². The van der Waals surface area contributed by atoms with Gasteiger partial charge in [-0.25, -0.2) is 0 Å². The summed E-state index contributed by atoms with van der Waals surface area (Å²) in [4.78, 5) is 4.08. The van der Waals surface area contributed by atoms with Gasteiger partial charge in [-0.15, -0.1) is 11.3 Å². The first kappa shape index (κ1) is 11.1. The molecule has 0 bridgehead atoms. The van der Waals surface area contributed by atoms with Crippen LogP contribution in [-0.2, 0) is 6.42 Å². The molecule has 1 aromatic heterocycles. The van der Waals surface area contributed by atoms with Crippen LogP contribution in [0.5, 0.6) is 0 Å². The molecule has 2 nitrogen and oxygen atoms in total. The highest BCUT2D eigenvalue weighted by Gasteiger charge is 2.24. The fraction of sp³-hybridized carbons (Fsp3) is 0.667. The third-order valence-corrected chi connectivity index (χ3v) is 4.25. The first-order valence-corrected chi connectivity index (χ1v) is 6.64. The van der Waals surface area contributed by atoms with Gasteiger partial charge in [-0.3, -0.25) is 4.90 Å². The Kier molecular flexibility index (Phi) is 3.78. The van der Waals surface area contributed by atoms with Crippen molar-refractivity contribution in [2.45, 2.75) is 25.8 Å². The van der Waals surface area contributed by atoms with Crippen LogP contribution in [0, 0.1) is 5.92 Å². The highest BCUT2D eigenvalue weighted by atomic mass is 32.1. The number of rotatable bonds is 4. The third-order valence-electron chi connectivity index (χ3n) is 3.35. The first-order valence-electron chi connectivity index (χ1n) is 5.76. The van der Waals surface area contributed by atoms with Gasteiger partial charge in [0.2, 0.25) is 0 Å². The van der Waals surface area contributed by atoms with E-state index in [2.05, 4.69) is 29.3 Å². The van der Waals surface area contributed by atoms with Gasteiger partial charge in [0.1, 0.15) is 0 Å². The number of hydrogen-bond acceptors (Lipinski definition) is 3. The summed E-state index contributed by atoms with van der Waals surface area (Å²) < 4.78 is 0. The molecule has 2 unspecified atom stereocenters. The lowest BCUT2D eigenvalue weighted by molar-refractivity contribution is 0.249. The van der Waals surface area contributed by atoms with Crippen LogP contribution in [0.25, 0.3) is 0 Å². The Morgan fingerprint density at radius 3 is 3.13 bits per heavy atom. The lowest BCUT2D eigenvalue weighted by Crippen LogP contribution is -2.33. The number of nitrogens with two attached hydrogens (primary N) is 1. The van der Waals surface area contributed by atoms with Gasteiger partial charge in [0, 0.05) is 17.5 Å². The maximum absolute atomic E-state index is 5.71. The van der Waals surface area contributed by atoms with E-state index in [9.17, 15) is 0 Å². The summed E-state index contributed by atoms with van der Waals surface area (Å²) in [7, 11) is 0. The summed E-state index contributed by atoms with van der Waals surface area (Å²) in [6.07, 6.45) is 2.47. The molecule has 15 heavy (non-hydrogen) atoms. The highest BCUT2D eigenvalue weighted by Crippen LogP contribution is 2.20. The maximum atomic E-state index is 5.71. The molecule has 0 amide bonds. The van der Waals surface area contributed by atoms with E-state index in [1.165, 1.54) is 30.8 Å². The minimum atomic E-state index is 0.667. The molecule has 0 aromatic carbocycles. The van der Waals surface area contributed by atoms with Crippen LogP contribution in [0.15, 0.2) is 17.5 Å². The Balaban J connectivity index is 1.84. The predicted molar refractivity (Wildman–Crippen MR) is 66.2 cm³/mol. The van der Waals surface area contributed by atoms with E-state index >= 15 is 0 Å². The SMILES string of the molecule is CC(Cc1cccs1)N1CCC(CN)C1. The molecule has 2 heterocycles. The minimum absolute atomic E-state index is 0.667. The van der Waals surface area contributed by atoms with Gasteiger partial charge in [-0.05, 0) is 50.2 Å². The largest absolute Gasteiger partial charge is 0.330 e. The molecule has 2 rings (SSSR count). The van der Waals surface area contributed by atoms with Crippen molar-refractivity contribution in [2.75, 3.05) is 19.6 Å². The number of hydrogen-bond donors (Lipinski definition) is 1. The maximum Gasteiger partial charge on any atom is 0.0115 e. The van der Waals surface area contributed by atoms with Crippen molar-refractivity contribution in [3.8, 4) is 0 Å². The van der Waals surface area contributed by atoms with Crippen molar-refractivity contribution in [3.63, 3.8) is 0 Å². The van der Waals surface area contributed by atoms with Crippen molar-refractivity contribution in [1.82, 2.24) is 4.90 Å². The van der Waals surface area contributed by atoms with E-state index in [1.807, 2.05) is 11.3 Å². The Morgan fingerprint density at radius 1 is 1.67 bits per heavy atom. The molecule has 0 aliphatic carbocycles. The highest BCUT2D eigenvalue weighted by molar-refractivity contribution is 7.09. The van der Waals surface area contributed by atoms with E-state index in [1.54, 1.807) is 0 Å². The molecule has 3 heteroatoms. The van der Waals surface area contributed by atoms with Crippen molar-refractivity contribution in [2.24, 2.45) is 11.7 Å². The second-order valence-electron chi connectivity index (χ2n) is 4.52. The zero-order valence-electron chi connectivity index (χ0n) is 9.36. The van der Waals surface area contributed by atoms with Crippen LogP contribution in [-0.4, -0.2) is 30.6 Å². The average molecular weight is 224 g/mol. The molecule has 2 atom stereocenters. The summed E-state index contributed by atoms with van der Waals surface area (Å²) in [5.41, 5.74) is 5.71. The monoisotopic (exact) mass is 224 g/mol. The fourth-order valence-corrected chi connectivity index (χ4v) is 3.13. The van der Waals surface area contributed by atoms with Gasteiger partial charge in [-0.1, -0.05) is 6.07 Å². The molecule has 1 aromatic rings. The summed E-state index contributed by atoms with van der Waals surface area (Å²) >= 11 is 1.87. The smallest absolute Gasteiger partial charge is 0.0115 e. The van der Waals surface area contributed by atoms with Crippen LogP contribution in [0.3, 0.4) is 0 Å². The quantitative estimate of drug-likeness (QED) is 0.847. The Hall–Kier alpha value is -0.380. The molecule has 84 valence electrons. The fourth-order valence-electron chi connectivity index (χ4n) is 2.30. The van der Waals surface area contributed by atoms with Crippen LogP contribution >= 0.6 is 11.3 Å². The summed E-state index contributed by atoms with van der Waals surface area (Å²) in [6.45, 7) is 5.61. The first-order chi connectivity index (χ1) is 7.29. The van der Waals surface area contributed by atoms with Crippen molar-refractivity contribution < 1.29 is 0 Å². The molecule has 1 fully saturated rings. The Labute approximate surface area is 96.1 Å². The third kappa shape index (κ3) is 2.80. The Bertz CT molecular complexity index is 284. The molecular formula is C12H20N2S. The van der Waals surface area contributed by atoms with Crippen LogP contribution < -0.4 is 5.73 Å². The van der Waals surface area contributed by atoms with Gasteiger partial charge < -0.3 is 5.73 Å². The minimum Gasteiger partial charge on any atom is -0.330 e. The average Bonchev–Trinajstić information content (AvgIpc) is 2.86. The van der Waals surface area contributed by atoms with Gasteiger partial charge in [0.25, 0.3) is 0 Å². The van der Waals surface area contributed by atoms with Crippen LogP contribution in [0.2, 0.25) is 0 Å². The van der Waals surface area contributed by atoms with Gasteiger partial charge in [-0.2, -0.15) is 0 Å². The number of likely N-dealkylation sites (tertiary alicyclic amines) is 1. The standard InChI is InChI=1S/C12H20N2S/c1-10(7-12-3-2-6-15-12)14-5-4-11(8-13)9-14/h2-3,6,10-11H,4-5,7-9,13H2,1H3. The van der Waals surface area contributed by atoms with Gasteiger partial charge in [0.15, 0.2) is 0 Å². The molecule has 0 spiro atoms. The summed E-state index contributed by atoms with van der Waals surface area (Å²) in [6, 6.07) is 5.04. The summed E-state index contributed by atoms with van der Waals surface area (Å²) in [5, 5.41) is 2.16. The van der Waals surface area contributed by atoms with E-state index in [0.29, 0.717) is 6.04 Å². The van der Waals surface area contributed by atoms with Crippen molar-refractivity contribution >= 4 is 11.3 Å². The molecule has 1 saturated heterocycles. The number of thiophene rings is 1. The molecule has 0 radical (unpaired) electrons. The predicted octanol–water partition coefficient (Wildman–Crippen LogP) is 1.96. The van der Waals surface area contributed by atoms with E-state index in [4.69, 9.17) is 5.73 Å².